The first-order valence-corrected chi connectivity index (χ1v) is 11.5. The number of carbonyl (C=O) groups is 1. The molecule has 1 N–H and O–H groups in total. The van der Waals surface area contributed by atoms with Crippen LogP contribution < -0.4 is 14.8 Å². The highest BCUT2D eigenvalue weighted by Crippen LogP contribution is 2.31. The number of piperidine rings is 1. The molecule has 3 rings (SSSR count). The zero-order valence-corrected chi connectivity index (χ0v) is 18.6. The third-order valence-corrected chi connectivity index (χ3v) is 7.06. The number of carbonyl (C=O) groups excluding carboxylic acids is 1. The lowest BCUT2D eigenvalue weighted by Gasteiger charge is -2.26. The van der Waals surface area contributed by atoms with Gasteiger partial charge in [-0.1, -0.05) is 24.1 Å². The second kappa shape index (κ2) is 9.68. The Kier molecular flexibility index (Phi) is 7.23. The molecule has 1 aliphatic rings. The Hall–Kier alpha value is -2.29. The highest BCUT2D eigenvalue weighted by Gasteiger charge is 2.29. The van der Waals surface area contributed by atoms with Gasteiger partial charge in [0.25, 0.3) is 5.91 Å². The van der Waals surface area contributed by atoms with Crippen molar-refractivity contribution in [3.05, 3.63) is 47.0 Å². The molecule has 9 heteroatoms. The molecule has 0 bridgehead atoms. The van der Waals surface area contributed by atoms with Crippen LogP contribution in [0.25, 0.3) is 0 Å². The number of ether oxygens (including phenoxy) is 2. The summed E-state index contributed by atoms with van der Waals surface area (Å²) in [5, 5.41) is 3.08. The molecule has 30 heavy (non-hydrogen) atoms. The summed E-state index contributed by atoms with van der Waals surface area (Å²) in [6.45, 7) is 2.59. The number of nitrogens with zero attached hydrogens (tertiary/aromatic N) is 1. The second-order valence-electron chi connectivity index (χ2n) is 7.10. The van der Waals surface area contributed by atoms with Crippen molar-refractivity contribution in [2.45, 2.75) is 31.1 Å². The van der Waals surface area contributed by atoms with E-state index in [0.29, 0.717) is 29.5 Å². The summed E-state index contributed by atoms with van der Waals surface area (Å²) in [4.78, 5) is 12.4. The highest BCUT2D eigenvalue weighted by atomic mass is 35.5. The lowest BCUT2D eigenvalue weighted by atomic mass is 10.2. The first-order valence-electron chi connectivity index (χ1n) is 9.68. The molecule has 0 radical (unpaired) electrons. The molecule has 0 spiro atoms. The summed E-state index contributed by atoms with van der Waals surface area (Å²) in [5.74, 6) is 0.218. The fraction of sp³-hybridized carbons (Fsp3) is 0.381. The average Bonchev–Trinajstić information content (AvgIpc) is 2.75. The summed E-state index contributed by atoms with van der Waals surface area (Å²) >= 11 is 6.08. The summed E-state index contributed by atoms with van der Waals surface area (Å²) in [5.41, 5.74) is 1.30. The van der Waals surface area contributed by atoms with E-state index in [2.05, 4.69) is 5.32 Å². The van der Waals surface area contributed by atoms with Crippen LogP contribution in [0.1, 0.15) is 24.8 Å². The van der Waals surface area contributed by atoms with E-state index in [1.54, 1.807) is 18.2 Å². The van der Waals surface area contributed by atoms with Gasteiger partial charge < -0.3 is 14.8 Å². The molecular weight excluding hydrogens is 428 g/mol. The van der Waals surface area contributed by atoms with Crippen molar-refractivity contribution in [1.29, 1.82) is 0 Å². The van der Waals surface area contributed by atoms with Crippen LogP contribution in [0.5, 0.6) is 11.5 Å². The molecule has 0 aliphatic carbocycles. The minimum absolute atomic E-state index is 0.0346. The van der Waals surface area contributed by atoms with Crippen molar-refractivity contribution in [1.82, 2.24) is 4.31 Å². The van der Waals surface area contributed by atoms with Crippen LogP contribution in [0.2, 0.25) is 5.02 Å². The van der Waals surface area contributed by atoms with Gasteiger partial charge in [0.15, 0.2) is 6.61 Å². The smallest absolute Gasteiger partial charge is 0.262 e. The SMILES string of the molecule is COc1ccc(NC(=O)COc2cc(C)ccc2Cl)cc1S(=O)(=O)N1CCCCC1. The van der Waals surface area contributed by atoms with Crippen LogP contribution >= 0.6 is 11.6 Å². The monoisotopic (exact) mass is 452 g/mol. The third-order valence-electron chi connectivity index (χ3n) is 4.83. The number of rotatable bonds is 7. The number of sulfonamides is 1. The highest BCUT2D eigenvalue weighted by molar-refractivity contribution is 7.89. The fourth-order valence-electron chi connectivity index (χ4n) is 3.26. The molecule has 1 aliphatic heterocycles. The Labute approximate surface area is 182 Å². The minimum atomic E-state index is -3.72. The lowest BCUT2D eigenvalue weighted by Crippen LogP contribution is -2.35. The van der Waals surface area contributed by atoms with Gasteiger partial charge >= 0.3 is 0 Å². The number of anilines is 1. The van der Waals surface area contributed by atoms with E-state index in [0.717, 1.165) is 24.8 Å². The van der Waals surface area contributed by atoms with Gasteiger partial charge in [0.1, 0.15) is 16.4 Å². The van der Waals surface area contributed by atoms with E-state index in [1.807, 2.05) is 13.0 Å². The van der Waals surface area contributed by atoms with Gasteiger partial charge in [-0.25, -0.2) is 8.42 Å². The molecule has 1 amide bonds. The van der Waals surface area contributed by atoms with Gasteiger partial charge in [-0.3, -0.25) is 4.79 Å². The molecule has 1 saturated heterocycles. The first kappa shape index (κ1) is 22.4. The normalized spacial score (nSPS) is 14.9. The molecule has 0 atom stereocenters. The van der Waals surface area contributed by atoms with Gasteiger partial charge in [0.2, 0.25) is 10.0 Å². The van der Waals surface area contributed by atoms with Crippen LogP contribution in [0, 0.1) is 6.92 Å². The van der Waals surface area contributed by atoms with Crippen LogP contribution in [0.4, 0.5) is 5.69 Å². The lowest BCUT2D eigenvalue weighted by molar-refractivity contribution is -0.118. The van der Waals surface area contributed by atoms with Crippen molar-refractivity contribution < 1.29 is 22.7 Å². The molecule has 1 heterocycles. The van der Waals surface area contributed by atoms with Gasteiger partial charge in [-0.2, -0.15) is 4.31 Å². The minimum Gasteiger partial charge on any atom is -0.495 e. The van der Waals surface area contributed by atoms with Crippen molar-refractivity contribution in [2.24, 2.45) is 0 Å². The van der Waals surface area contributed by atoms with Crippen molar-refractivity contribution in [3.63, 3.8) is 0 Å². The molecule has 0 unspecified atom stereocenters. The zero-order chi connectivity index (χ0) is 21.7. The van der Waals surface area contributed by atoms with Crippen LogP contribution in [-0.4, -0.2) is 45.4 Å². The van der Waals surface area contributed by atoms with Gasteiger partial charge in [0.05, 0.1) is 12.1 Å². The molecular formula is C21H25ClN2O5S. The van der Waals surface area contributed by atoms with Crippen molar-refractivity contribution in [3.8, 4) is 11.5 Å². The maximum atomic E-state index is 13.1. The number of hydrogen-bond acceptors (Lipinski definition) is 5. The number of hydrogen-bond donors (Lipinski definition) is 1. The van der Waals surface area contributed by atoms with Crippen LogP contribution in [-0.2, 0) is 14.8 Å². The topological polar surface area (TPSA) is 84.9 Å². The van der Waals surface area contributed by atoms with E-state index >= 15 is 0 Å². The average molecular weight is 453 g/mol. The van der Waals surface area contributed by atoms with Gasteiger partial charge in [-0.05, 0) is 55.7 Å². The molecule has 2 aromatic rings. The van der Waals surface area contributed by atoms with E-state index < -0.39 is 15.9 Å². The summed E-state index contributed by atoms with van der Waals surface area (Å²) < 4.78 is 38.4. The predicted molar refractivity (Wildman–Crippen MR) is 116 cm³/mol. The predicted octanol–water partition coefficient (Wildman–Crippen LogP) is 3.85. The molecule has 0 aromatic heterocycles. The zero-order valence-electron chi connectivity index (χ0n) is 17.0. The number of nitrogens with one attached hydrogen (secondary N) is 1. The maximum Gasteiger partial charge on any atom is 0.262 e. The number of methoxy groups -OCH3 is 1. The molecule has 0 saturated carbocycles. The second-order valence-corrected chi connectivity index (χ2v) is 9.41. The van der Waals surface area contributed by atoms with E-state index in [-0.39, 0.29) is 17.3 Å². The quantitative estimate of drug-likeness (QED) is 0.689. The summed E-state index contributed by atoms with van der Waals surface area (Å²) in [6.07, 6.45) is 2.68. The van der Waals surface area contributed by atoms with E-state index in [4.69, 9.17) is 21.1 Å². The third kappa shape index (κ3) is 5.24. The van der Waals surface area contributed by atoms with Gasteiger partial charge in [0, 0.05) is 18.8 Å². The number of amides is 1. The Morgan fingerprint density at radius 1 is 1.10 bits per heavy atom. The Bertz CT molecular complexity index is 1020. The Morgan fingerprint density at radius 2 is 1.83 bits per heavy atom. The van der Waals surface area contributed by atoms with E-state index in [9.17, 15) is 13.2 Å². The van der Waals surface area contributed by atoms with E-state index in [1.165, 1.54) is 23.5 Å². The Morgan fingerprint density at radius 3 is 2.53 bits per heavy atom. The molecule has 7 nitrogen and oxygen atoms in total. The number of aryl methyl sites for hydroxylation is 1. The van der Waals surface area contributed by atoms with Crippen LogP contribution in [0.3, 0.4) is 0 Å². The fourth-order valence-corrected chi connectivity index (χ4v) is 5.13. The molecule has 1 fully saturated rings. The van der Waals surface area contributed by atoms with Crippen LogP contribution in [0.15, 0.2) is 41.3 Å². The van der Waals surface area contributed by atoms with Crippen molar-refractivity contribution in [2.75, 3.05) is 32.1 Å². The number of halogens is 1. The van der Waals surface area contributed by atoms with Gasteiger partial charge in [-0.15, -0.1) is 0 Å². The van der Waals surface area contributed by atoms with Crippen molar-refractivity contribution >= 4 is 33.2 Å². The molecule has 162 valence electrons. The number of benzene rings is 2. The summed E-state index contributed by atoms with van der Waals surface area (Å²) in [7, 11) is -2.30. The first-order chi connectivity index (χ1) is 14.3. The largest absolute Gasteiger partial charge is 0.495 e. The molecule has 2 aromatic carbocycles. The maximum absolute atomic E-state index is 13.1. The summed E-state index contributed by atoms with van der Waals surface area (Å²) in [6, 6.07) is 9.82. The standard InChI is InChI=1S/C21H25ClN2O5S/c1-15-6-8-17(22)19(12-15)29-14-21(25)23-16-7-9-18(28-2)20(13-16)30(26,27)24-10-4-3-5-11-24/h6-9,12-13H,3-5,10-11,14H2,1-2H3,(H,23,25). The Balaban J connectivity index is 1.74.